The minimum Gasteiger partial charge on any atom is -0.372 e. The number of benzene rings is 2. The maximum absolute atomic E-state index is 6.10. The van der Waals surface area contributed by atoms with Gasteiger partial charge in [0.2, 0.25) is 0 Å². The average molecular weight is 422 g/mol. The Morgan fingerprint density at radius 1 is 0.839 bits per heavy atom. The van der Waals surface area contributed by atoms with Gasteiger partial charge in [-0.05, 0) is 42.9 Å². The van der Waals surface area contributed by atoms with Crippen LogP contribution in [0.3, 0.4) is 0 Å². The van der Waals surface area contributed by atoms with Crippen LogP contribution < -0.4 is 0 Å². The van der Waals surface area contributed by atoms with Crippen LogP contribution in [0.1, 0.15) is 75.5 Å². The summed E-state index contributed by atoms with van der Waals surface area (Å²) in [6.07, 6.45) is 11.1. The normalized spacial score (nSPS) is 18.3. The van der Waals surface area contributed by atoms with Crippen LogP contribution in [0.2, 0.25) is 0 Å². The van der Waals surface area contributed by atoms with Crippen LogP contribution in [-0.2, 0) is 28.9 Å². The fraction of sp³-hybridized carbons (Fsp3) is 0.536. The first-order valence-electron chi connectivity index (χ1n) is 12.1. The van der Waals surface area contributed by atoms with E-state index in [1.807, 2.05) is 25.1 Å². The third-order valence-corrected chi connectivity index (χ3v) is 6.03. The first-order chi connectivity index (χ1) is 15.2. The number of hydrogen-bond acceptors (Lipinski definition) is 3. The quantitative estimate of drug-likeness (QED) is 0.310. The third-order valence-electron chi connectivity index (χ3n) is 6.03. The van der Waals surface area contributed by atoms with Crippen molar-refractivity contribution in [3.8, 4) is 0 Å². The molecule has 0 amide bonds. The van der Waals surface area contributed by atoms with Crippen LogP contribution >= 0.6 is 0 Å². The Morgan fingerprint density at radius 3 is 2.19 bits per heavy atom. The molecule has 1 aliphatic heterocycles. The lowest BCUT2D eigenvalue weighted by atomic mass is 10.00. The van der Waals surface area contributed by atoms with Crippen molar-refractivity contribution in [1.82, 2.24) is 0 Å². The van der Waals surface area contributed by atoms with Crippen LogP contribution in [0.25, 0.3) is 0 Å². The van der Waals surface area contributed by atoms with Gasteiger partial charge in [0.05, 0.1) is 19.8 Å². The molecule has 0 fully saturated rings. The van der Waals surface area contributed by atoms with Crippen molar-refractivity contribution in [3.05, 3.63) is 71.3 Å². The van der Waals surface area contributed by atoms with Crippen molar-refractivity contribution >= 4 is 5.71 Å². The zero-order valence-corrected chi connectivity index (χ0v) is 19.4. The summed E-state index contributed by atoms with van der Waals surface area (Å²) in [6, 6.07) is 19.4. The zero-order valence-electron chi connectivity index (χ0n) is 19.4. The van der Waals surface area contributed by atoms with Gasteiger partial charge in [0.15, 0.2) is 5.72 Å². The number of unbranched alkanes of at least 4 members (excludes halogenated alkanes) is 5. The maximum Gasteiger partial charge on any atom is 0.182 e. The highest BCUT2D eigenvalue weighted by Crippen LogP contribution is 2.27. The molecule has 1 aliphatic rings. The van der Waals surface area contributed by atoms with E-state index in [1.165, 1.54) is 61.6 Å². The SMILES string of the molecule is CCCCCCCCc1ccc(CCC2(COCc3ccccc3)N=C(C)CO2)cc1. The van der Waals surface area contributed by atoms with Gasteiger partial charge in [-0.1, -0.05) is 93.6 Å². The Hall–Kier alpha value is -1.97. The number of rotatable bonds is 14. The van der Waals surface area contributed by atoms with Crippen molar-refractivity contribution in [2.24, 2.45) is 4.99 Å². The fourth-order valence-corrected chi connectivity index (χ4v) is 4.15. The summed E-state index contributed by atoms with van der Waals surface area (Å²) in [7, 11) is 0. The molecule has 31 heavy (non-hydrogen) atoms. The molecule has 0 saturated heterocycles. The summed E-state index contributed by atoms with van der Waals surface area (Å²) >= 11 is 0. The Labute approximate surface area is 188 Å². The van der Waals surface area contributed by atoms with Gasteiger partial charge in [0.25, 0.3) is 0 Å². The van der Waals surface area contributed by atoms with E-state index in [0.29, 0.717) is 19.8 Å². The molecule has 0 bridgehead atoms. The summed E-state index contributed by atoms with van der Waals surface area (Å²) in [6.45, 7) is 6.00. The summed E-state index contributed by atoms with van der Waals surface area (Å²) in [4.78, 5) is 4.82. The van der Waals surface area contributed by atoms with Gasteiger partial charge in [-0.2, -0.15) is 0 Å². The lowest BCUT2D eigenvalue weighted by Gasteiger charge is -2.25. The molecular formula is C28H39NO2. The van der Waals surface area contributed by atoms with Gasteiger partial charge in [0, 0.05) is 12.1 Å². The van der Waals surface area contributed by atoms with E-state index >= 15 is 0 Å². The molecule has 0 aromatic heterocycles. The van der Waals surface area contributed by atoms with Crippen molar-refractivity contribution < 1.29 is 9.47 Å². The second-order valence-corrected chi connectivity index (χ2v) is 8.89. The molecule has 1 atom stereocenters. The molecule has 0 radical (unpaired) electrons. The summed E-state index contributed by atoms with van der Waals surface area (Å²) in [5.41, 5.74) is 4.48. The monoisotopic (exact) mass is 421 g/mol. The Morgan fingerprint density at radius 2 is 1.52 bits per heavy atom. The van der Waals surface area contributed by atoms with Gasteiger partial charge in [0.1, 0.15) is 0 Å². The fourth-order valence-electron chi connectivity index (χ4n) is 4.15. The maximum atomic E-state index is 6.10. The average Bonchev–Trinajstić information content (AvgIpc) is 3.17. The highest BCUT2D eigenvalue weighted by Gasteiger charge is 2.35. The third kappa shape index (κ3) is 8.23. The van der Waals surface area contributed by atoms with E-state index < -0.39 is 5.72 Å². The minimum atomic E-state index is -0.546. The van der Waals surface area contributed by atoms with Crippen LogP contribution in [0.15, 0.2) is 59.6 Å². The Bertz CT molecular complexity index is 784. The van der Waals surface area contributed by atoms with Crippen molar-refractivity contribution in [2.75, 3.05) is 13.2 Å². The molecule has 0 N–H and O–H groups in total. The highest BCUT2D eigenvalue weighted by molar-refractivity contribution is 5.84. The number of ether oxygens (including phenoxy) is 2. The number of aryl methyl sites for hydroxylation is 2. The minimum absolute atomic E-state index is 0.495. The van der Waals surface area contributed by atoms with Gasteiger partial charge >= 0.3 is 0 Å². The molecular weight excluding hydrogens is 382 g/mol. The van der Waals surface area contributed by atoms with Crippen molar-refractivity contribution in [2.45, 2.75) is 84.0 Å². The van der Waals surface area contributed by atoms with Crippen molar-refractivity contribution in [3.63, 3.8) is 0 Å². The van der Waals surface area contributed by atoms with Gasteiger partial charge in [-0.15, -0.1) is 0 Å². The molecule has 0 spiro atoms. The zero-order chi connectivity index (χ0) is 21.8. The van der Waals surface area contributed by atoms with Crippen LogP contribution in [0.5, 0.6) is 0 Å². The molecule has 168 valence electrons. The molecule has 3 heteroatoms. The van der Waals surface area contributed by atoms with Gasteiger partial charge in [-0.3, -0.25) is 4.99 Å². The predicted octanol–water partition coefficient (Wildman–Crippen LogP) is 6.93. The van der Waals surface area contributed by atoms with E-state index in [9.17, 15) is 0 Å². The number of hydrogen-bond donors (Lipinski definition) is 0. The molecule has 2 aromatic carbocycles. The van der Waals surface area contributed by atoms with Crippen LogP contribution in [0.4, 0.5) is 0 Å². The largest absolute Gasteiger partial charge is 0.372 e. The summed E-state index contributed by atoms with van der Waals surface area (Å²) in [5.74, 6) is 0. The Kier molecular flexibility index (Phi) is 9.77. The molecule has 2 aromatic rings. The van der Waals surface area contributed by atoms with E-state index in [-0.39, 0.29) is 0 Å². The molecule has 1 unspecified atom stereocenters. The predicted molar refractivity (Wildman–Crippen MR) is 130 cm³/mol. The van der Waals surface area contributed by atoms with Crippen molar-refractivity contribution in [1.29, 1.82) is 0 Å². The topological polar surface area (TPSA) is 30.8 Å². The first kappa shape index (κ1) is 23.7. The molecule has 0 saturated carbocycles. The van der Waals surface area contributed by atoms with E-state index in [4.69, 9.17) is 14.5 Å². The van der Waals surface area contributed by atoms with Gasteiger partial charge in [-0.25, -0.2) is 0 Å². The van der Waals surface area contributed by atoms with Gasteiger partial charge < -0.3 is 9.47 Å². The molecule has 3 nitrogen and oxygen atoms in total. The Balaban J connectivity index is 1.44. The summed E-state index contributed by atoms with van der Waals surface area (Å²) in [5, 5.41) is 0. The van der Waals surface area contributed by atoms with Crippen LogP contribution in [-0.4, -0.2) is 24.7 Å². The highest BCUT2D eigenvalue weighted by atomic mass is 16.6. The number of aliphatic imine (C=N–C) groups is 1. The second-order valence-electron chi connectivity index (χ2n) is 8.89. The lowest BCUT2D eigenvalue weighted by molar-refractivity contribution is -0.0757. The number of nitrogens with zero attached hydrogens (tertiary/aromatic N) is 1. The second kappa shape index (κ2) is 12.8. The van der Waals surface area contributed by atoms with Crippen LogP contribution in [0, 0.1) is 0 Å². The summed E-state index contributed by atoms with van der Waals surface area (Å²) < 4.78 is 12.1. The molecule has 1 heterocycles. The first-order valence-corrected chi connectivity index (χ1v) is 12.1. The van der Waals surface area contributed by atoms with E-state index in [0.717, 1.165) is 18.6 Å². The molecule has 3 rings (SSSR count). The standard InChI is InChI=1S/C28H39NO2/c1-3-4-5-6-7-9-12-25-15-17-26(18-16-25)19-20-28(29-24(2)21-31-28)23-30-22-27-13-10-8-11-14-27/h8,10-11,13-18H,3-7,9,12,19-23H2,1-2H3. The lowest BCUT2D eigenvalue weighted by Crippen LogP contribution is -2.33. The molecule has 0 aliphatic carbocycles. The van der Waals surface area contributed by atoms with E-state index in [2.05, 4.69) is 43.3 Å². The smallest absolute Gasteiger partial charge is 0.182 e. The van der Waals surface area contributed by atoms with E-state index in [1.54, 1.807) is 0 Å².